The molecule has 0 N–H and O–H groups in total. The molecule has 6 heteroatoms. The minimum Gasteiger partial charge on any atom is -0.342 e. The van der Waals surface area contributed by atoms with Crippen molar-refractivity contribution in [2.45, 2.75) is 45.1 Å². The predicted molar refractivity (Wildman–Crippen MR) is 80.9 cm³/mol. The van der Waals surface area contributed by atoms with E-state index in [-0.39, 0.29) is 23.8 Å². The third-order valence-corrected chi connectivity index (χ3v) is 5.27. The Morgan fingerprint density at radius 2 is 1.73 bits per heavy atom. The van der Waals surface area contributed by atoms with Crippen LogP contribution in [0.4, 0.5) is 0 Å². The fourth-order valence-electron chi connectivity index (χ4n) is 3.94. The molecule has 3 saturated heterocycles. The van der Waals surface area contributed by atoms with Gasteiger partial charge in [0, 0.05) is 25.6 Å². The Bertz CT molecular complexity index is 465. The summed E-state index contributed by atoms with van der Waals surface area (Å²) in [5, 5.41) is 0. The van der Waals surface area contributed by atoms with Crippen LogP contribution in [0.15, 0.2) is 0 Å². The van der Waals surface area contributed by atoms with Gasteiger partial charge in [-0.3, -0.25) is 24.2 Å². The van der Waals surface area contributed by atoms with E-state index in [2.05, 4.69) is 4.90 Å². The lowest BCUT2D eigenvalue weighted by Crippen LogP contribution is -2.48. The number of likely N-dealkylation sites (tertiary alicyclic amines) is 3. The average molecular weight is 307 g/mol. The van der Waals surface area contributed by atoms with Crippen LogP contribution in [0, 0.1) is 5.92 Å². The van der Waals surface area contributed by atoms with Crippen molar-refractivity contribution >= 4 is 17.7 Å². The minimum atomic E-state index is -0.296. The van der Waals surface area contributed by atoms with Gasteiger partial charge in [-0.25, -0.2) is 0 Å². The number of carbonyl (C=O) groups excluding carboxylic acids is 3. The number of piperidine rings is 1. The Labute approximate surface area is 131 Å². The quantitative estimate of drug-likeness (QED) is 0.711. The molecule has 6 nitrogen and oxygen atoms in total. The fraction of sp³-hybridized carbons (Fsp3) is 0.812. The molecule has 1 atom stereocenters. The monoisotopic (exact) mass is 307 g/mol. The van der Waals surface area contributed by atoms with E-state index in [0.717, 1.165) is 51.9 Å². The molecule has 0 aromatic heterocycles. The Kier molecular flexibility index (Phi) is 4.47. The first-order chi connectivity index (χ1) is 10.6. The van der Waals surface area contributed by atoms with Crippen LogP contribution in [-0.4, -0.2) is 71.2 Å². The van der Waals surface area contributed by atoms with Gasteiger partial charge in [0.05, 0.1) is 12.5 Å². The number of likely N-dealkylation sites (N-methyl/N-ethyl adjacent to an activating group) is 1. The number of imide groups is 1. The van der Waals surface area contributed by atoms with Crippen LogP contribution in [0.5, 0.6) is 0 Å². The molecular weight excluding hydrogens is 282 g/mol. The van der Waals surface area contributed by atoms with Crippen LogP contribution < -0.4 is 0 Å². The highest BCUT2D eigenvalue weighted by molar-refractivity contribution is 6.05. The van der Waals surface area contributed by atoms with Crippen molar-refractivity contribution in [2.24, 2.45) is 5.92 Å². The molecular formula is C16H25N3O3. The molecule has 3 rings (SSSR count). The number of hydrogen-bond donors (Lipinski definition) is 0. The van der Waals surface area contributed by atoms with Crippen LogP contribution in [-0.2, 0) is 14.4 Å². The molecule has 3 amide bonds. The molecule has 3 aliphatic rings. The Morgan fingerprint density at radius 3 is 2.27 bits per heavy atom. The first-order valence-electron chi connectivity index (χ1n) is 8.49. The zero-order valence-electron chi connectivity index (χ0n) is 13.3. The molecule has 22 heavy (non-hydrogen) atoms. The maximum Gasteiger partial charge on any atom is 0.247 e. The van der Waals surface area contributed by atoms with Crippen molar-refractivity contribution in [2.75, 3.05) is 32.7 Å². The normalized spacial score (nSPS) is 28.0. The zero-order chi connectivity index (χ0) is 15.7. The van der Waals surface area contributed by atoms with Gasteiger partial charge in [-0.15, -0.1) is 0 Å². The minimum absolute atomic E-state index is 0.0585. The number of nitrogens with zero attached hydrogens (tertiary/aromatic N) is 3. The summed E-state index contributed by atoms with van der Waals surface area (Å²) in [4.78, 5) is 42.0. The summed E-state index contributed by atoms with van der Waals surface area (Å²) in [5.74, 6) is 0.273. The van der Waals surface area contributed by atoms with Crippen molar-refractivity contribution in [1.29, 1.82) is 0 Å². The van der Waals surface area contributed by atoms with E-state index in [1.807, 2.05) is 11.8 Å². The smallest absolute Gasteiger partial charge is 0.247 e. The van der Waals surface area contributed by atoms with E-state index < -0.39 is 0 Å². The lowest BCUT2D eigenvalue weighted by atomic mass is 9.94. The summed E-state index contributed by atoms with van der Waals surface area (Å²) in [5.41, 5.74) is 0. The standard InChI is InChI=1S/C16H25N3O3/c1-2-19-14(20)11-13(16(19)22)17-9-5-12(6-10-17)15(21)18-7-3-4-8-18/h12-13H,2-11H2,1H3. The van der Waals surface area contributed by atoms with Crippen molar-refractivity contribution in [3.05, 3.63) is 0 Å². The van der Waals surface area contributed by atoms with Gasteiger partial charge in [0.2, 0.25) is 17.7 Å². The van der Waals surface area contributed by atoms with Crippen molar-refractivity contribution in [1.82, 2.24) is 14.7 Å². The van der Waals surface area contributed by atoms with E-state index in [4.69, 9.17) is 0 Å². The summed E-state index contributed by atoms with van der Waals surface area (Å²) >= 11 is 0. The van der Waals surface area contributed by atoms with Crippen LogP contribution in [0.1, 0.15) is 39.0 Å². The highest BCUT2D eigenvalue weighted by Gasteiger charge is 2.42. The van der Waals surface area contributed by atoms with Crippen LogP contribution in [0.3, 0.4) is 0 Å². The number of hydrogen-bond acceptors (Lipinski definition) is 4. The average Bonchev–Trinajstić information content (AvgIpc) is 3.15. The lowest BCUT2D eigenvalue weighted by Gasteiger charge is -2.35. The van der Waals surface area contributed by atoms with E-state index in [1.165, 1.54) is 4.90 Å². The van der Waals surface area contributed by atoms with E-state index in [0.29, 0.717) is 18.9 Å². The largest absolute Gasteiger partial charge is 0.342 e. The van der Waals surface area contributed by atoms with Crippen molar-refractivity contribution < 1.29 is 14.4 Å². The maximum atomic E-state index is 12.4. The molecule has 3 fully saturated rings. The molecule has 0 aliphatic carbocycles. The lowest BCUT2D eigenvalue weighted by molar-refractivity contribution is -0.139. The van der Waals surface area contributed by atoms with Gasteiger partial charge in [0.25, 0.3) is 0 Å². The molecule has 0 bridgehead atoms. The molecule has 122 valence electrons. The Balaban J connectivity index is 1.54. The van der Waals surface area contributed by atoms with Gasteiger partial charge in [0.15, 0.2) is 0 Å². The first-order valence-corrected chi connectivity index (χ1v) is 8.49. The summed E-state index contributed by atoms with van der Waals surface area (Å²) in [6, 6.07) is -0.296. The summed E-state index contributed by atoms with van der Waals surface area (Å²) < 4.78 is 0. The second-order valence-electron chi connectivity index (χ2n) is 6.54. The van der Waals surface area contributed by atoms with Crippen LogP contribution in [0.25, 0.3) is 0 Å². The van der Waals surface area contributed by atoms with Gasteiger partial charge < -0.3 is 4.90 Å². The van der Waals surface area contributed by atoms with Crippen molar-refractivity contribution in [3.63, 3.8) is 0 Å². The van der Waals surface area contributed by atoms with E-state index in [1.54, 1.807) is 0 Å². The highest BCUT2D eigenvalue weighted by Crippen LogP contribution is 2.26. The molecule has 3 aliphatic heterocycles. The third kappa shape index (κ3) is 2.76. The molecule has 0 aromatic rings. The first kappa shape index (κ1) is 15.5. The second kappa shape index (κ2) is 6.36. The van der Waals surface area contributed by atoms with Crippen LogP contribution >= 0.6 is 0 Å². The van der Waals surface area contributed by atoms with Crippen molar-refractivity contribution in [3.8, 4) is 0 Å². The van der Waals surface area contributed by atoms with Gasteiger partial charge >= 0.3 is 0 Å². The maximum absolute atomic E-state index is 12.4. The second-order valence-corrected chi connectivity index (χ2v) is 6.54. The Hall–Kier alpha value is -1.43. The molecule has 0 aromatic carbocycles. The SMILES string of the molecule is CCN1C(=O)CC(N2CCC(C(=O)N3CCCC3)CC2)C1=O. The predicted octanol–water partition coefficient (Wildman–Crippen LogP) is 0.468. The topological polar surface area (TPSA) is 60.9 Å². The Morgan fingerprint density at radius 1 is 1.09 bits per heavy atom. The molecule has 1 unspecified atom stereocenters. The summed E-state index contributed by atoms with van der Waals surface area (Å²) in [7, 11) is 0. The number of rotatable bonds is 3. The molecule has 0 spiro atoms. The van der Waals surface area contributed by atoms with Gasteiger partial charge in [0.1, 0.15) is 0 Å². The highest BCUT2D eigenvalue weighted by atomic mass is 16.2. The summed E-state index contributed by atoms with van der Waals surface area (Å²) in [6.45, 7) is 5.58. The van der Waals surface area contributed by atoms with Crippen LogP contribution in [0.2, 0.25) is 0 Å². The fourth-order valence-corrected chi connectivity index (χ4v) is 3.94. The third-order valence-electron chi connectivity index (χ3n) is 5.27. The zero-order valence-corrected chi connectivity index (χ0v) is 13.3. The van der Waals surface area contributed by atoms with E-state index in [9.17, 15) is 14.4 Å². The summed E-state index contributed by atoms with van der Waals surface area (Å²) in [6.07, 6.45) is 4.16. The van der Waals surface area contributed by atoms with Gasteiger partial charge in [-0.05, 0) is 45.7 Å². The van der Waals surface area contributed by atoms with Gasteiger partial charge in [-0.2, -0.15) is 0 Å². The number of carbonyl (C=O) groups is 3. The van der Waals surface area contributed by atoms with E-state index >= 15 is 0 Å². The molecule has 0 radical (unpaired) electrons. The van der Waals surface area contributed by atoms with Gasteiger partial charge in [-0.1, -0.05) is 0 Å². The molecule has 0 saturated carbocycles. The molecule has 3 heterocycles. The number of amides is 3.